The number of anilines is 1. The van der Waals surface area contributed by atoms with Gasteiger partial charge in [-0.25, -0.2) is 0 Å². The summed E-state index contributed by atoms with van der Waals surface area (Å²) in [6.07, 6.45) is 0.863. The van der Waals surface area contributed by atoms with E-state index in [1.54, 1.807) is 12.1 Å². The number of ether oxygens (including phenoxy) is 1. The van der Waals surface area contributed by atoms with E-state index in [1.807, 2.05) is 13.8 Å². The van der Waals surface area contributed by atoms with Crippen LogP contribution in [-0.2, 0) is 4.74 Å². The van der Waals surface area contributed by atoms with E-state index < -0.39 is 0 Å². The van der Waals surface area contributed by atoms with Gasteiger partial charge in [0.25, 0.3) is 5.69 Å². The van der Waals surface area contributed by atoms with Gasteiger partial charge in [-0.05, 0) is 32.4 Å². The Morgan fingerprint density at radius 2 is 2.33 bits per heavy atom. The fourth-order valence-electron chi connectivity index (χ4n) is 2.07. The number of nitro benzene ring substituents is 1. The lowest BCUT2D eigenvalue weighted by molar-refractivity contribution is -0.384. The Hall–Kier alpha value is -1.14. The minimum atomic E-state index is -0.378. The topological polar surface area (TPSA) is 64.4 Å². The Bertz CT molecular complexity index is 480. The van der Waals surface area contributed by atoms with Gasteiger partial charge in [-0.1, -0.05) is 15.9 Å². The molecule has 2 unspecified atom stereocenters. The molecule has 0 saturated carbocycles. The molecule has 0 aromatic heterocycles. The number of hydrogen-bond donors (Lipinski definition) is 1. The summed E-state index contributed by atoms with van der Waals surface area (Å²) >= 11 is 3.25. The van der Waals surface area contributed by atoms with Crippen molar-refractivity contribution in [1.82, 2.24) is 0 Å². The molecule has 5 nitrogen and oxygen atoms in total. The van der Waals surface area contributed by atoms with Crippen LogP contribution in [-0.4, -0.2) is 23.2 Å². The standard InChI is InChI=1S/C12H15BrN2O3/c1-8-12(2,5-6-18-8)14-10-4-3-9(13)7-11(10)15(16)17/h3-4,7-8,14H,5-6H2,1-2H3. The van der Waals surface area contributed by atoms with E-state index in [4.69, 9.17) is 4.74 Å². The molecule has 0 bridgehead atoms. The van der Waals surface area contributed by atoms with Crippen molar-refractivity contribution in [2.24, 2.45) is 0 Å². The highest BCUT2D eigenvalue weighted by Crippen LogP contribution is 2.34. The van der Waals surface area contributed by atoms with Crippen LogP contribution in [0.25, 0.3) is 0 Å². The van der Waals surface area contributed by atoms with Gasteiger partial charge in [-0.2, -0.15) is 0 Å². The molecule has 0 aliphatic carbocycles. The first-order valence-electron chi connectivity index (χ1n) is 5.76. The Morgan fingerprint density at radius 3 is 2.89 bits per heavy atom. The number of nitrogens with zero attached hydrogens (tertiary/aromatic N) is 1. The summed E-state index contributed by atoms with van der Waals surface area (Å²) in [4.78, 5) is 10.7. The van der Waals surface area contributed by atoms with E-state index in [9.17, 15) is 10.1 Å². The summed E-state index contributed by atoms with van der Waals surface area (Å²) < 4.78 is 6.22. The zero-order valence-corrected chi connectivity index (χ0v) is 11.9. The van der Waals surface area contributed by atoms with E-state index in [0.29, 0.717) is 16.8 Å². The second-order valence-electron chi connectivity index (χ2n) is 4.72. The van der Waals surface area contributed by atoms with Crippen molar-refractivity contribution in [3.8, 4) is 0 Å². The van der Waals surface area contributed by atoms with Crippen molar-refractivity contribution < 1.29 is 9.66 Å². The molecule has 0 amide bonds. The van der Waals surface area contributed by atoms with Crippen LogP contribution in [0.5, 0.6) is 0 Å². The highest BCUT2D eigenvalue weighted by molar-refractivity contribution is 9.10. The Morgan fingerprint density at radius 1 is 1.61 bits per heavy atom. The average molecular weight is 315 g/mol. The first-order chi connectivity index (χ1) is 8.42. The Labute approximate surface area is 114 Å². The molecule has 2 rings (SSSR count). The van der Waals surface area contributed by atoms with Crippen LogP contribution in [0.1, 0.15) is 20.3 Å². The van der Waals surface area contributed by atoms with Crippen LogP contribution in [0.3, 0.4) is 0 Å². The predicted octanol–water partition coefficient (Wildman–Crippen LogP) is 3.34. The number of hydrogen-bond acceptors (Lipinski definition) is 4. The molecular weight excluding hydrogens is 300 g/mol. The van der Waals surface area contributed by atoms with Crippen LogP contribution >= 0.6 is 15.9 Å². The lowest BCUT2D eigenvalue weighted by atomic mass is 9.94. The fraction of sp³-hybridized carbons (Fsp3) is 0.500. The quantitative estimate of drug-likeness (QED) is 0.686. The number of rotatable bonds is 3. The van der Waals surface area contributed by atoms with Gasteiger partial charge in [-0.3, -0.25) is 10.1 Å². The SMILES string of the molecule is CC1OCCC1(C)Nc1ccc(Br)cc1[N+](=O)[O-]. The third-order valence-corrected chi connectivity index (χ3v) is 3.96. The summed E-state index contributed by atoms with van der Waals surface area (Å²) in [6.45, 7) is 4.68. The minimum absolute atomic E-state index is 0.0285. The van der Waals surface area contributed by atoms with Gasteiger partial charge in [0.2, 0.25) is 0 Å². The van der Waals surface area contributed by atoms with Crippen LogP contribution in [0.4, 0.5) is 11.4 Å². The first-order valence-corrected chi connectivity index (χ1v) is 6.55. The molecule has 2 atom stereocenters. The van der Waals surface area contributed by atoms with Crippen LogP contribution in [0.2, 0.25) is 0 Å². The van der Waals surface area contributed by atoms with E-state index in [0.717, 1.165) is 6.42 Å². The third-order valence-electron chi connectivity index (χ3n) is 3.46. The van der Waals surface area contributed by atoms with E-state index in [2.05, 4.69) is 21.2 Å². The van der Waals surface area contributed by atoms with Gasteiger partial charge in [-0.15, -0.1) is 0 Å². The maximum atomic E-state index is 11.0. The van der Waals surface area contributed by atoms with Crippen molar-refractivity contribution in [2.45, 2.75) is 31.9 Å². The maximum absolute atomic E-state index is 11.0. The normalized spacial score (nSPS) is 27.2. The zero-order valence-electron chi connectivity index (χ0n) is 10.3. The summed E-state index contributed by atoms with van der Waals surface area (Å²) in [5.74, 6) is 0. The number of nitro groups is 1. The molecule has 1 aliphatic rings. The molecule has 1 saturated heterocycles. The molecule has 1 aromatic carbocycles. The summed E-state index contributed by atoms with van der Waals surface area (Å²) in [6, 6.07) is 5.02. The second-order valence-corrected chi connectivity index (χ2v) is 5.64. The zero-order chi connectivity index (χ0) is 13.3. The molecule has 0 spiro atoms. The largest absolute Gasteiger partial charge is 0.376 e. The van der Waals surface area contributed by atoms with E-state index in [-0.39, 0.29) is 22.3 Å². The van der Waals surface area contributed by atoms with Crippen molar-refractivity contribution in [1.29, 1.82) is 0 Å². The monoisotopic (exact) mass is 314 g/mol. The Kier molecular flexibility index (Phi) is 3.59. The van der Waals surface area contributed by atoms with Gasteiger partial charge in [0.05, 0.1) is 16.6 Å². The first kappa shape index (κ1) is 13.3. The lowest BCUT2D eigenvalue weighted by Crippen LogP contribution is -2.41. The molecule has 98 valence electrons. The molecule has 1 N–H and O–H groups in total. The molecule has 1 aliphatic heterocycles. The van der Waals surface area contributed by atoms with Crippen LogP contribution in [0, 0.1) is 10.1 Å². The molecule has 1 heterocycles. The average Bonchev–Trinajstić information content (AvgIpc) is 2.61. The number of halogens is 1. The van der Waals surface area contributed by atoms with Crippen LogP contribution in [0.15, 0.2) is 22.7 Å². The minimum Gasteiger partial charge on any atom is -0.376 e. The second kappa shape index (κ2) is 4.85. The van der Waals surface area contributed by atoms with Gasteiger partial charge in [0, 0.05) is 17.1 Å². The van der Waals surface area contributed by atoms with Crippen molar-refractivity contribution in [3.63, 3.8) is 0 Å². The number of nitrogens with one attached hydrogen (secondary N) is 1. The molecule has 18 heavy (non-hydrogen) atoms. The van der Waals surface area contributed by atoms with Gasteiger partial charge >= 0.3 is 0 Å². The van der Waals surface area contributed by atoms with Crippen molar-refractivity contribution >= 4 is 27.3 Å². The highest BCUT2D eigenvalue weighted by Gasteiger charge is 2.38. The highest BCUT2D eigenvalue weighted by atomic mass is 79.9. The van der Waals surface area contributed by atoms with Crippen molar-refractivity contribution in [2.75, 3.05) is 11.9 Å². The van der Waals surface area contributed by atoms with Gasteiger partial charge in [0.1, 0.15) is 5.69 Å². The van der Waals surface area contributed by atoms with Crippen molar-refractivity contribution in [3.05, 3.63) is 32.8 Å². The van der Waals surface area contributed by atoms with Crippen LogP contribution < -0.4 is 5.32 Å². The fourth-order valence-corrected chi connectivity index (χ4v) is 2.42. The Balaban J connectivity index is 2.31. The summed E-state index contributed by atoms with van der Waals surface area (Å²) in [7, 11) is 0. The molecule has 0 radical (unpaired) electrons. The summed E-state index contributed by atoms with van der Waals surface area (Å²) in [5, 5.41) is 14.3. The summed E-state index contributed by atoms with van der Waals surface area (Å²) in [5.41, 5.74) is 0.339. The van der Waals surface area contributed by atoms with E-state index >= 15 is 0 Å². The third kappa shape index (κ3) is 2.49. The molecule has 6 heteroatoms. The molecular formula is C12H15BrN2O3. The predicted molar refractivity (Wildman–Crippen MR) is 72.9 cm³/mol. The maximum Gasteiger partial charge on any atom is 0.293 e. The number of benzene rings is 1. The molecule has 1 aromatic rings. The van der Waals surface area contributed by atoms with E-state index in [1.165, 1.54) is 6.07 Å². The van der Waals surface area contributed by atoms with Gasteiger partial charge < -0.3 is 10.1 Å². The molecule has 1 fully saturated rings. The van der Waals surface area contributed by atoms with Gasteiger partial charge in [0.15, 0.2) is 0 Å². The lowest BCUT2D eigenvalue weighted by Gasteiger charge is -2.29. The smallest absolute Gasteiger partial charge is 0.293 e.